The molecule has 0 radical (unpaired) electrons. The Morgan fingerprint density at radius 2 is 2.15 bits per heavy atom. The largest absolute Gasteiger partial charge is 0.375 e. The van der Waals surface area contributed by atoms with Gasteiger partial charge in [-0.1, -0.05) is 12.1 Å². The van der Waals surface area contributed by atoms with Crippen LogP contribution in [0.3, 0.4) is 0 Å². The highest BCUT2D eigenvalue weighted by molar-refractivity contribution is 5.90. The van der Waals surface area contributed by atoms with Gasteiger partial charge in [-0.2, -0.15) is 10.4 Å². The van der Waals surface area contributed by atoms with Crippen LogP contribution >= 0.6 is 0 Å². The number of rotatable bonds is 6. The molecule has 2 aliphatic heterocycles. The number of nitrogens with zero attached hydrogens (tertiary/aromatic N) is 6. The molecule has 2 fully saturated rings. The van der Waals surface area contributed by atoms with Crippen LogP contribution in [0, 0.1) is 18.3 Å². The SMILES string of the molecule is Cc1c(C#N)cccc1[C@@H](C)Nc1nncc2cnc(C(N(C)C)N3C[C@H]4C[C@@H]3CO4)cc12. The van der Waals surface area contributed by atoms with Crippen LogP contribution in [0.5, 0.6) is 0 Å². The van der Waals surface area contributed by atoms with E-state index in [-0.39, 0.29) is 12.2 Å². The van der Waals surface area contributed by atoms with Gasteiger partial charge < -0.3 is 10.1 Å². The van der Waals surface area contributed by atoms with E-state index in [1.165, 1.54) is 0 Å². The Morgan fingerprint density at radius 1 is 1.30 bits per heavy atom. The highest BCUT2D eigenvalue weighted by atomic mass is 16.5. The van der Waals surface area contributed by atoms with Crippen molar-refractivity contribution < 1.29 is 4.74 Å². The monoisotopic (exact) mass is 443 g/mol. The van der Waals surface area contributed by atoms with Gasteiger partial charge in [0.2, 0.25) is 0 Å². The first-order valence-corrected chi connectivity index (χ1v) is 11.4. The summed E-state index contributed by atoms with van der Waals surface area (Å²) >= 11 is 0. The minimum absolute atomic E-state index is 0.0362. The summed E-state index contributed by atoms with van der Waals surface area (Å²) in [6, 6.07) is 10.6. The lowest BCUT2D eigenvalue weighted by Crippen LogP contribution is -2.45. The topological polar surface area (TPSA) is 90.2 Å². The van der Waals surface area contributed by atoms with E-state index in [9.17, 15) is 5.26 Å². The molecular weight excluding hydrogens is 414 g/mol. The number of morpholine rings is 1. The predicted molar refractivity (Wildman–Crippen MR) is 127 cm³/mol. The lowest BCUT2D eigenvalue weighted by molar-refractivity contribution is -0.0253. The molecule has 0 amide bonds. The van der Waals surface area contributed by atoms with Crippen molar-refractivity contribution in [1.29, 1.82) is 5.26 Å². The number of pyridine rings is 1. The molecule has 170 valence electrons. The first-order chi connectivity index (χ1) is 16.0. The number of ether oxygens (including phenoxy) is 1. The molecule has 4 heterocycles. The summed E-state index contributed by atoms with van der Waals surface area (Å²) in [6.45, 7) is 5.78. The van der Waals surface area contributed by atoms with Gasteiger partial charge in [0.15, 0.2) is 5.82 Å². The van der Waals surface area contributed by atoms with E-state index in [0.717, 1.165) is 47.2 Å². The lowest BCUT2D eigenvalue weighted by atomic mass is 9.98. The molecule has 33 heavy (non-hydrogen) atoms. The van der Waals surface area contributed by atoms with Gasteiger partial charge in [-0.3, -0.25) is 14.8 Å². The Hall–Kier alpha value is -3.12. The van der Waals surface area contributed by atoms with Crippen LogP contribution < -0.4 is 5.32 Å². The molecule has 2 aliphatic rings. The van der Waals surface area contributed by atoms with Crippen molar-refractivity contribution in [2.24, 2.45) is 0 Å². The van der Waals surface area contributed by atoms with Gasteiger partial charge in [0.1, 0.15) is 6.17 Å². The van der Waals surface area contributed by atoms with Crippen molar-refractivity contribution in [3.05, 3.63) is 59.0 Å². The molecule has 4 atom stereocenters. The van der Waals surface area contributed by atoms with Crippen LogP contribution in [0.25, 0.3) is 10.8 Å². The van der Waals surface area contributed by atoms with Crippen LogP contribution in [0.4, 0.5) is 5.82 Å². The minimum atomic E-state index is -0.0362. The third-order valence-electron chi connectivity index (χ3n) is 6.89. The molecule has 2 bridgehead atoms. The normalized spacial score (nSPS) is 21.9. The zero-order valence-corrected chi connectivity index (χ0v) is 19.5. The molecule has 1 N–H and O–H groups in total. The van der Waals surface area contributed by atoms with E-state index in [0.29, 0.717) is 23.5 Å². The fraction of sp³-hybridized carbons (Fsp3) is 0.440. The minimum Gasteiger partial charge on any atom is -0.375 e. The second-order valence-electron chi connectivity index (χ2n) is 9.27. The maximum absolute atomic E-state index is 9.40. The fourth-order valence-corrected chi connectivity index (χ4v) is 5.23. The maximum atomic E-state index is 9.40. The molecule has 5 rings (SSSR count). The molecule has 1 unspecified atom stereocenters. The molecule has 2 saturated heterocycles. The molecule has 0 aliphatic carbocycles. The number of nitrogens with one attached hydrogen (secondary N) is 1. The van der Waals surface area contributed by atoms with E-state index < -0.39 is 0 Å². The van der Waals surface area contributed by atoms with Crippen LogP contribution in [0.15, 0.2) is 36.7 Å². The molecule has 1 aromatic carbocycles. The summed E-state index contributed by atoms with van der Waals surface area (Å²) in [5.41, 5.74) is 3.73. The average molecular weight is 444 g/mol. The van der Waals surface area contributed by atoms with Gasteiger partial charge >= 0.3 is 0 Å². The Bertz CT molecular complexity index is 1220. The van der Waals surface area contributed by atoms with Gasteiger partial charge in [0.25, 0.3) is 0 Å². The van der Waals surface area contributed by atoms with Crippen molar-refractivity contribution in [2.75, 3.05) is 32.6 Å². The Balaban J connectivity index is 1.49. The summed E-state index contributed by atoms with van der Waals surface area (Å²) in [6.07, 6.45) is 5.13. The third-order valence-corrected chi connectivity index (χ3v) is 6.89. The Morgan fingerprint density at radius 3 is 2.85 bits per heavy atom. The summed E-state index contributed by atoms with van der Waals surface area (Å²) in [5, 5.41) is 23.5. The second-order valence-corrected chi connectivity index (χ2v) is 9.27. The van der Waals surface area contributed by atoms with Gasteiger partial charge in [-0.25, -0.2) is 0 Å². The summed E-state index contributed by atoms with van der Waals surface area (Å²) < 4.78 is 5.82. The van der Waals surface area contributed by atoms with Crippen LogP contribution in [0.2, 0.25) is 0 Å². The molecule has 8 heteroatoms. The van der Waals surface area contributed by atoms with Crippen LogP contribution in [-0.4, -0.2) is 64.4 Å². The van der Waals surface area contributed by atoms with Gasteiger partial charge in [0, 0.05) is 29.6 Å². The van der Waals surface area contributed by atoms with Gasteiger partial charge in [0.05, 0.1) is 42.3 Å². The highest BCUT2D eigenvalue weighted by Gasteiger charge is 2.43. The Labute approximate surface area is 194 Å². The number of likely N-dealkylation sites (tertiary alicyclic amines) is 1. The zero-order chi connectivity index (χ0) is 23.1. The van der Waals surface area contributed by atoms with Crippen molar-refractivity contribution in [3.63, 3.8) is 0 Å². The van der Waals surface area contributed by atoms with Crippen molar-refractivity contribution in [1.82, 2.24) is 25.0 Å². The number of benzene rings is 1. The predicted octanol–water partition coefficient (Wildman–Crippen LogP) is 3.41. The standard InChI is InChI=1S/C25H29N7O/c1-15-17(10-26)6-5-7-21(15)16(2)29-24-22-9-23(27-11-18(22)12-28-30-24)25(31(3)4)32-13-20-8-19(32)14-33-20/h5-7,9,11-12,16,19-20,25H,8,13-14H2,1-4H3,(H,29,30)/t16-,19-,20-,25?/m1/s1. The van der Waals surface area contributed by atoms with E-state index in [1.54, 1.807) is 6.20 Å². The highest BCUT2D eigenvalue weighted by Crippen LogP contribution is 2.37. The number of fused-ring (bicyclic) bond motifs is 3. The van der Waals surface area contributed by atoms with Crippen LogP contribution in [-0.2, 0) is 4.74 Å². The molecule has 0 saturated carbocycles. The molecule has 2 aromatic heterocycles. The summed E-state index contributed by atoms with van der Waals surface area (Å²) in [4.78, 5) is 9.54. The molecule has 8 nitrogen and oxygen atoms in total. The summed E-state index contributed by atoms with van der Waals surface area (Å²) in [7, 11) is 4.20. The number of hydrogen-bond acceptors (Lipinski definition) is 8. The summed E-state index contributed by atoms with van der Waals surface area (Å²) in [5.74, 6) is 0.717. The average Bonchev–Trinajstić information content (AvgIpc) is 3.43. The van der Waals surface area contributed by atoms with E-state index in [4.69, 9.17) is 9.72 Å². The first kappa shape index (κ1) is 21.7. The van der Waals surface area contributed by atoms with E-state index in [2.05, 4.69) is 58.5 Å². The lowest BCUT2D eigenvalue weighted by Gasteiger charge is -2.38. The van der Waals surface area contributed by atoms with Gasteiger partial charge in [-0.05, 0) is 57.6 Å². The van der Waals surface area contributed by atoms with E-state index >= 15 is 0 Å². The third kappa shape index (κ3) is 3.93. The van der Waals surface area contributed by atoms with E-state index in [1.807, 2.05) is 31.3 Å². The number of aromatic nitrogens is 3. The first-order valence-electron chi connectivity index (χ1n) is 11.4. The van der Waals surface area contributed by atoms with Crippen molar-refractivity contribution >= 4 is 16.6 Å². The number of anilines is 1. The number of nitriles is 1. The maximum Gasteiger partial charge on any atom is 0.157 e. The second kappa shape index (κ2) is 8.67. The fourth-order valence-electron chi connectivity index (χ4n) is 5.23. The Kier molecular flexibility index (Phi) is 5.71. The van der Waals surface area contributed by atoms with Crippen molar-refractivity contribution in [2.45, 2.75) is 44.6 Å². The van der Waals surface area contributed by atoms with Crippen molar-refractivity contribution in [3.8, 4) is 6.07 Å². The van der Waals surface area contributed by atoms with Crippen LogP contribution in [0.1, 0.15) is 47.9 Å². The smallest absolute Gasteiger partial charge is 0.157 e. The molecular formula is C25H29N7O. The number of hydrogen-bond donors (Lipinski definition) is 1. The molecule has 0 spiro atoms. The molecule has 3 aromatic rings. The quantitative estimate of drug-likeness (QED) is 0.620. The van der Waals surface area contributed by atoms with Gasteiger partial charge in [-0.15, -0.1) is 5.10 Å². The zero-order valence-electron chi connectivity index (χ0n) is 19.5.